The number of ether oxygens (including phenoxy) is 1. The molecule has 1 fully saturated rings. The van der Waals surface area contributed by atoms with Crippen molar-refractivity contribution in [2.75, 3.05) is 13.2 Å². The molecule has 2 heterocycles. The normalized spacial score (nSPS) is 18.8. The largest absolute Gasteiger partial charge is 0.439 e. The van der Waals surface area contributed by atoms with Gasteiger partial charge in [0.05, 0.1) is 19.1 Å². The van der Waals surface area contributed by atoms with E-state index < -0.39 is 0 Å². The van der Waals surface area contributed by atoms with E-state index in [1.165, 1.54) is 5.56 Å². The molecule has 0 spiro atoms. The summed E-state index contributed by atoms with van der Waals surface area (Å²) < 4.78 is 10.9. The van der Waals surface area contributed by atoms with Gasteiger partial charge >= 0.3 is 0 Å². The molecule has 0 saturated carbocycles. The Bertz CT molecular complexity index is 679. The van der Waals surface area contributed by atoms with Crippen molar-refractivity contribution in [1.82, 2.24) is 10.3 Å². The molecule has 1 aliphatic rings. The molecule has 1 atom stereocenters. The fourth-order valence-corrected chi connectivity index (χ4v) is 2.57. The van der Waals surface area contributed by atoms with Crippen LogP contribution in [0.15, 0.2) is 22.6 Å². The SMILES string of the molecule is CC(C)(C)c1ccc2oc(CNC(=O)[C@H]3CCOC3)nc2c1. The standard InChI is InChI=1S/C17H22N2O3/c1-17(2,3)12-4-5-14-13(8-12)19-15(22-14)9-18-16(20)11-6-7-21-10-11/h4-5,8,11H,6-7,9-10H2,1-3H3,(H,18,20)/t11-/m0/s1. The summed E-state index contributed by atoms with van der Waals surface area (Å²) in [5.41, 5.74) is 2.87. The van der Waals surface area contributed by atoms with Crippen molar-refractivity contribution in [1.29, 1.82) is 0 Å². The molecular weight excluding hydrogens is 280 g/mol. The van der Waals surface area contributed by atoms with Crippen LogP contribution >= 0.6 is 0 Å². The van der Waals surface area contributed by atoms with Gasteiger partial charge in [0.25, 0.3) is 0 Å². The third kappa shape index (κ3) is 3.14. The average molecular weight is 302 g/mol. The summed E-state index contributed by atoms with van der Waals surface area (Å²) in [4.78, 5) is 16.4. The number of aromatic nitrogens is 1. The molecule has 1 aromatic heterocycles. The van der Waals surface area contributed by atoms with Crippen molar-refractivity contribution in [2.24, 2.45) is 5.92 Å². The highest BCUT2D eigenvalue weighted by atomic mass is 16.5. The molecule has 0 unspecified atom stereocenters. The second kappa shape index (κ2) is 5.72. The monoisotopic (exact) mass is 302 g/mol. The van der Waals surface area contributed by atoms with Gasteiger partial charge in [0.1, 0.15) is 5.52 Å². The molecule has 0 aliphatic carbocycles. The first-order chi connectivity index (χ1) is 10.4. The number of hydrogen-bond donors (Lipinski definition) is 1. The zero-order valence-electron chi connectivity index (χ0n) is 13.3. The van der Waals surface area contributed by atoms with Crippen molar-refractivity contribution < 1.29 is 13.9 Å². The number of rotatable bonds is 3. The van der Waals surface area contributed by atoms with E-state index in [0.717, 1.165) is 17.5 Å². The summed E-state index contributed by atoms with van der Waals surface area (Å²) in [7, 11) is 0. The summed E-state index contributed by atoms with van der Waals surface area (Å²) in [5, 5.41) is 2.87. The third-order valence-electron chi connectivity index (χ3n) is 4.01. The van der Waals surface area contributed by atoms with Gasteiger partial charge < -0.3 is 14.5 Å². The van der Waals surface area contributed by atoms with Crippen LogP contribution < -0.4 is 5.32 Å². The molecular formula is C17H22N2O3. The first kappa shape index (κ1) is 15.0. The second-order valence-corrected chi connectivity index (χ2v) is 6.82. The van der Waals surface area contributed by atoms with E-state index in [1.807, 2.05) is 6.07 Å². The Labute approximate surface area is 130 Å². The molecule has 5 heteroatoms. The topological polar surface area (TPSA) is 64.4 Å². The Hall–Kier alpha value is -1.88. The number of hydrogen-bond acceptors (Lipinski definition) is 4. The highest BCUT2D eigenvalue weighted by Gasteiger charge is 2.23. The molecule has 0 bridgehead atoms. The maximum atomic E-state index is 12.0. The first-order valence-electron chi connectivity index (χ1n) is 7.69. The van der Waals surface area contributed by atoms with Gasteiger partial charge in [-0.05, 0) is 29.5 Å². The van der Waals surface area contributed by atoms with Crippen LogP contribution in [-0.2, 0) is 21.5 Å². The number of benzene rings is 1. The van der Waals surface area contributed by atoms with Crippen LogP contribution in [0.4, 0.5) is 0 Å². The fraction of sp³-hybridized carbons (Fsp3) is 0.529. The predicted octanol–water partition coefficient (Wildman–Crippen LogP) is 2.78. The summed E-state index contributed by atoms with van der Waals surface area (Å²) in [6, 6.07) is 6.06. The number of carbonyl (C=O) groups excluding carboxylic acids is 1. The second-order valence-electron chi connectivity index (χ2n) is 6.82. The van der Waals surface area contributed by atoms with Crippen LogP contribution in [0, 0.1) is 5.92 Å². The van der Waals surface area contributed by atoms with Gasteiger partial charge in [0.15, 0.2) is 5.58 Å². The molecule has 22 heavy (non-hydrogen) atoms. The summed E-state index contributed by atoms with van der Waals surface area (Å²) in [5.74, 6) is 0.500. The lowest BCUT2D eigenvalue weighted by molar-refractivity contribution is -0.125. The van der Waals surface area contributed by atoms with Crippen LogP contribution in [0.25, 0.3) is 11.1 Å². The van der Waals surface area contributed by atoms with Crippen LogP contribution in [0.5, 0.6) is 0 Å². The Morgan fingerprint density at radius 1 is 1.41 bits per heavy atom. The highest BCUT2D eigenvalue weighted by Crippen LogP contribution is 2.26. The minimum Gasteiger partial charge on any atom is -0.439 e. The van der Waals surface area contributed by atoms with E-state index in [4.69, 9.17) is 9.15 Å². The molecule has 3 rings (SSSR count). The highest BCUT2D eigenvalue weighted by molar-refractivity contribution is 5.79. The molecule has 5 nitrogen and oxygen atoms in total. The van der Waals surface area contributed by atoms with Gasteiger partial charge in [-0.2, -0.15) is 0 Å². The minimum absolute atomic E-state index is 0.00939. The summed E-state index contributed by atoms with van der Waals surface area (Å²) in [6.45, 7) is 7.98. The fourth-order valence-electron chi connectivity index (χ4n) is 2.57. The minimum atomic E-state index is -0.0446. The Kier molecular flexibility index (Phi) is 3.91. The van der Waals surface area contributed by atoms with Crippen molar-refractivity contribution >= 4 is 17.0 Å². The van der Waals surface area contributed by atoms with Crippen molar-refractivity contribution in [3.63, 3.8) is 0 Å². The molecule has 1 aliphatic heterocycles. The van der Waals surface area contributed by atoms with Crippen LogP contribution in [0.1, 0.15) is 38.6 Å². The van der Waals surface area contributed by atoms with Crippen molar-refractivity contribution in [2.45, 2.75) is 39.2 Å². The number of nitrogens with one attached hydrogen (secondary N) is 1. The zero-order chi connectivity index (χ0) is 15.7. The Morgan fingerprint density at radius 3 is 2.91 bits per heavy atom. The molecule has 1 aromatic carbocycles. The number of carbonyl (C=O) groups is 1. The van der Waals surface area contributed by atoms with Crippen LogP contribution in [-0.4, -0.2) is 24.1 Å². The number of fused-ring (bicyclic) bond motifs is 1. The van der Waals surface area contributed by atoms with E-state index in [9.17, 15) is 4.79 Å². The molecule has 1 amide bonds. The molecule has 118 valence electrons. The smallest absolute Gasteiger partial charge is 0.225 e. The average Bonchev–Trinajstić information content (AvgIpc) is 3.11. The predicted molar refractivity (Wildman–Crippen MR) is 83.5 cm³/mol. The molecule has 0 radical (unpaired) electrons. The Balaban J connectivity index is 1.70. The van der Waals surface area contributed by atoms with Crippen LogP contribution in [0.2, 0.25) is 0 Å². The van der Waals surface area contributed by atoms with Gasteiger partial charge in [-0.3, -0.25) is 4.79 Å². The van der Waals surface area contributed by atoms with Gasteiger partial charge in [-0.1, -0.05) is 26.8 Å². The van der Waals surface area contributed by atoms with Gasteiger partial charge in [0, 0.05) is 6.61 Å². The van der Waals surface area contributed by atoms with Gasteiger partial charge in [-0.25, -0.2) is 4.98 Å². The molecule has 2 aromatic rings. The Morgan fingerprint density at radius 2 is 2.23 bits per heavy atom. The summed E-state index contributed by atoms with van der Waals surface area (Å²) >= 11 is 0. The van der Waals surface area contributed by atoms with E-state index in [1.54, 1.807) is 0 Å². The van der Waals surface area contributed by atoms with E-state index in [2.05, 4.69) is 43.2 Å². The van der Waals surface area contributed by atoms with E-state index in [-0.39, 0.29) is 17.2 Å². The van der Waals surface area contributed by atoms with Crippen molar-refractivity contribution in [3.05, 3.63) is 29.7 Å². The van der Waals surface area contributed by atoms with Gasteiger partial charge in [-0.15, -0.1) is 0 Å². The number of nitrogens with zero attached hydrogens (tertiary/aromatic N) is 1. The lowest BCUT2D eigenvalue weighted by atomic mass is 9.87. The van der Waals surface area contributed by atoms with E-state index in [0.29, 0.717) is 25.6 Å². The zero-order valence-corrected chi connectivity index (χ0v) is 13.3. The van der Waals surface area contributed by atoms with Crippen LogP contribution in [0.3, 0.4) is 0 Å². The van der Waals surface area contributed by atoms with Gasteiger partial charge in [0.2, 0.25) is 11.8 Å². The van der Waals surface area contributed by atoms with E-state index >= 15 is 0 Å². The summed E-state index contributed by atoms with van der Waals surface area (Å²) in [6.07, 6.45) is 0.786. The number of oxazole rings is 1. The quantitative estimate of drug-likeness (QED) is 0.947. The maximum Gasteiger partial charge on any atom is 0.225 e. The van der Waals surface area contributed by atoms with Crippen molar-refractivity contribution in [3.8, 4) is 0 Å². The maximum absolute atomic E-state index is 12.0. The lowest BCUT2D eigenvalue weighted by Gasteiger charge is -2.18. The third-order valence-corrected chi connectivity index (χ3v) is 4.01. The first-order valence-corrected chi connectivity index (χ1v) is 7.69. The lowest BCUT2D eigenvalue weighted by Crippen LogP contribution is -2.30. The number of amides is 1. The molecule has 1 saturated heterocycles. The molecule has 1 N–H and O–H groups in total.